The normalized spacial score (nSPS) is 12.0. The van der Waals surface area contributed by atoms with E-state index < -0.39 is 15.7 Å². The monoisotopic (exact) mass is 259 g/mol. The van der Waals surface area contributed by atoms with Crippen molar-refractivity contribution in [1.29, 1.82) is 0 Å². The van der Waals surface area contributed by atoms with E-state index in [-0.39, 0.29) is 22.3 Å². The minimum atomic E-state index is -3.56. The Morgan fingerprint density at radius 3 is 2.35 bits per heavy atom. The molecule has 1 aromatic rings. The highest BCUT2D eigenvalue weighted by Gasteiger charge is 2.22. The topological polar surface area (TPSA) is 60.2 Å². The molecule has 0 spiro atoms. The first kappa shape index (κ1) is 14.0. The van der Waals surface area contributed by atoms with Crippen molar-refractivity contribution < 1.29 is 12.8 Å². The summed E-state index contributed by atoms with van der Waals surface area (Å²) in [5, 5.41) is 0. The lowest BCUT2D eigenvalue weighted by atomic mass is 10.1. The largest absolute Gasteiger partial charge is 0.399 e. The zero-order chi connectivity index (χ0) is 13.1. The van der Waals surface area contributed by atoms with Crippen LogP contribution < -0.4 is 5.73 Å². The summed E-state index contributed by atoms with van der Waals surface area (Å²) < 4.78 is 37.6. The Kier molecular flexibility index (Phi) is 4.51. The predicted octanol–water partition coefficient (Wildman–Crippen LogP) is 2.62. The summed E-state index contributed by atoms with van der Waals surface area (Å²) in [6, 6.07) is 3.69. The number of rotatable bonds is 5. The lowest BCUT2D eigenvalue weighted by Crippen LogP contribution is -2.16. The lowest BCUT2D eigenvalue weighted by molar-refractivity contribution is 0.517. The molecule has 0 aliphatic heterocycles. The third kappa shape index (κ3) is 3.43. The number of nitrogen functional groups attached to an aromatic ring is 1. The van der Waals surface area contributed by atoms with Gasteiger partial charge < -0.3 is 5.73 Å². The van der Waals surface area contributed by atoms with Crippen molar-refractivity contribution in [2.75, 3.05) is 11.5 Å². The Hall–Kier alpha value is -1.10. The average Bonchev–Trinajstić information content (AvgIpc) is 2.25. The first-order valence-electron chi connectivity index (χ1n) is 5.68. The van der Waals surface area contributed by atoms with Gasteiger partial charge in [-0.15, -0.1) is 0 Å². The van der Waals surface area contributed by atoms with Crippen LogP contribution in [0.2, 0.25) is 0 Å². The van der Waals surface area contributed by atoms with Gasteiger partial charge in [0.05, 0.1) is 5.75 Å². The van der Waals surface area contributed by atoms with E-state index in [1.807, 2.05) is 13.8 Å². The van der Waals surface area contributed by atoms with Crippen LogP contribution in [0.15, 0.2) is 23.1 Å². The van der Waals surface area contributed by atoms with Gasteiger partial charge in [0.1, 0.15) is 10.7 Å². The van der Waals surface area contributed by atoms with Crippen LogP contribution in [0.5, 0.6) is 0 Å². The molecule has 1 aromatic carbocycles. The molecule has 96 valence electrons. The Balaban J connectivity index is 3.05. The van der Waals surface area contributed by atoms with Crippen molar-refractivity contribution in [3.63, 3.8) is 0 Å². The maximum Gasteiger partial charge on any atom is 0.181 e. The molecule has 1 rings (SSSR count). The van der Waals surface area contributed by atoms with Gasteiger partial charge in [0.25, 0.3) is 0 Å². The van der Waals surface area contributed by atoms with Crippen molar-refractivity contribution in [3.05, 3.63) is 24.0 Å². The Morgan fingerprint density at radius 2 is 1.88 bits per heavy atom. The molecule has 0 atom stereocenters. The molecule has 5 heteroatoms. The number of halogens is 1. The molecular formula is C12H18FNO2S. The minimum Gasteiger partial charge on any atom is -0.399 e. The molecule has 0 saturated carbocycles. The molecule has 0 unspecified atom stereocenters. The molecule has 0 fully saturated rings. The summed E-state index contributed by atoms with van der Waals surface area (Å²) >= 11 is 0. The van der Waals surface area contributed by atoms with Gasteiger partial charge >= 0.3 is 0 Å². The average molecular weight is 259 g/mol. The Bertz CT molecular complexity index is 481. The van der Waals surface area contributed by atoms with Crippen LogP contribution in [0.1, 0.15) is 26.7 Å². The number of hydrogen-bond donors (Lipinski definition) is 1. The zero-order valence-electron chi connectivity index (χ0n) is 10.1. The fraction of sp³-hybridized carbons (Fsp3) is 0.500. The van der Waals surface area contributed by atoms with Crippen LogP contribution in [-0.2, 0) is 9.84 Å². The third-order valence-corrected chi connectivity index (χ3v) is 4.81. The molecule has 0 aliphatic rings. The first-order valence-corrected chi connectivity index (χ1v) is 7.33. The first-order chi connectivity index (χ1) is 7.90. The molecule has 0 heterocycles. The number of hydrogen-bond acceptors (Lipinski definition) is 3. The second kappa shape index (κ2) is 5.49. The molecular weight excluding hydrogens is 241 g/mol. The van der Waals surface area contributed by atoms with Crippen molar-refractivity contribution in [2.24, 2.45) is 5.92 Å². The van der Waals surface area contributed by atoms with Crippen molar-refractivity contribution >= 4 is 15.5 Å². The Labute approximate surface area is 102 Å². The summed E-state index contributed by atoms with van der Waals surface area (Å²) in [4.78, 5) is -0.251. The molecule has 0 radical (unpaired) electrons. The number of benzene rings is 1. The van der Waals surface area contributed by atoms with Gasteiger partial charge in [-0.2, -0.15) is 0 Å². The molecule has 3 nitrogen and oxygen atoms in total. The molecule has 17 heavy (non-hydrogen) atoms. The molecule has 0 aliphatic carbocycles. The fourth-order valence-electron chi connectivity index (χ4n) is 1.69. The summed E-state index contributed by atoms with van der Waals surface area (Å²) in [7, 11) is -3.56. The smallest absolute Gasteiger partial charge is 0.181 e. The van der Waals surface area contributed by atoms with E-state index >= 15 is 0 Å². The summed E-state index contributed by atoms with van der Waals surface area (Å²) in [5.74, 6) is -0.714. The number of nitrogens with two attached hydrogens (primary N) is 1. The second-order valence-corrected chi connectivity index (χ2v) is 6.16. The van der Waals surface area contributed by atoms with Gasteiger partial charge in [-0.3, -0.25) is 0 Å². The van der Waals surface area contributed by atoms with Crippen LogP contribution >= 0.6 is 0 Å². The molecule has 0 saturated heterocycles. The molecule has 0 aromatic heterocycles. The van der Waals surface area contributed by atoms with E-state index in [9.17, 15) is 12.8 Å². The Morgan fingerprint density at radius 1 is 1.29 bits per heavy atom. The standard InChI is InChI=1S/C12H18FNO2S/c1-3-9(4-2)8-17(15,16)12-6-5-10(14)7-11(12)13/h5-7,9H,3-4,8,14H2,1-2H3. The van der Waals surface area contributed by atoms with Gasteiger partial charge in [-0.05, 0) is 24.1 Å². The molecule has 2 N–H and O–H groups in total. The van der Waals surface area contributed by atoms with E-state index in [1.54, 1.807) is 0 Å². The maximum absolute atomic E-state index is 13.5. The fourth-order valence-corrected chi connectivity index (χ4v) is 3.60. The van der Waals surface area contributed by atoms with Crippen molar-refractivity contribution in [3.8, 4) is 0 Å². The SMILES string of the molecule is CCC(CC)CS(=O)(=O)c1ccc(N)cc1F. The van der Waals surface area contributed by atoms with Crippen LogP contribution in [0.4, 0.5) is 10.1 Å². The van der Waals surface area contributed by atoms with Gasteiger partial charge in [-0.25, -0.2) is 12.8 Å². The van der Waals surface area contributed by atoms with Gasteiger partial charge in [0.15, 0.2) is 9.84 Å². The van der Waals surface area contributed by atoms with Crippen LogP contribution in [0, 0.1) is 11.7 Å². The highest BCUT2D eigenvalue weighted by molar-refractivity contribution is 7.91. The van der Waals surface area contributed by atoms with E-state index in [0.29, 0.717) is 0 Å². The third-order valence-electron chi connectivity index (χ3n) is 2.90. The van der Waals surface area contributed by atoms with Crippen molar-refractivity contribution in [2.45, 2.75) is 31.6 Å². The van der Waals surface area contributed by atoms with Crippen LogP contribution in [0.25, 0.3) is 0 Å². The van der Waals surface area contributed by atoms with E-state index in [2.05, 4.69) is 0 Å². The minimum absolute atomic E-state index is 0.0131. The lowest BCUT2D eigenvalue weighted by Gasteiger charge is -2.13. The summed E-state index contributed by atoms with van der Waals surface area (Å²) in [6.45, 7) is 3.87. The highest BCUT2D eigenvalue weighted by atomic mass is 32.2. The zero-order valence-corrected chi connectivity index (χ0v) is 10.9. The van der Waals surface area contributed by atoms with Gasteiger partial charge in [0, 0.05) is 5.69 Å². The van der Waals surface area contributed by atoms with Crippen molar-refractivity contribution in [1.82, 2.24) is 0 Å². The maximum atomic E-state index is 13.5. The summed E-state index contributed by atoms with van der Waals surface area (Å²) in [6.07, 6.45) is 1.54. The number of anilines is 1. The van der Waals surface area contributed by atoms with Gasteiger partial charge in [-0.1, -0.05) is 26.7 Å². The predicted molar refractivity (Wildman–Crippen MR) is 66.9 cm³/mol. The van der Waals surface area contributed by atoms with E-state index in [4.69, 9.17) is 5.73 Å². The highest BCUT2D eigenvalue weighted by Crippen LogP contribution is 2.22. The van der Waals surface area contributed by atoms with Crippen LogP contribution in [-0.4, -0.2) is 14.2 Å². The van der Waals surface area contributed by atoms with E-state index in [0.717, 1.165) is 18.9 Å². The molecule has 0 amide bonds. The van der Waals surface area contributed by atoms with E-state index in [1.165, 1.54) is 12.1 Å². The summed E-state index contributed by atoms with van der Waals surface area (Å²) in [5.41, 5.74) is 5.62. The quantitative estimate of drug-likeness (QED) is 0.827. The van der Waals surface area contributed by atoms with Gasteiger partial charge in [0.2, 0.25) is 0 Å². The second-order valence-electron chi connectivity index (χ2n) is 4.15. The van der Waals surface area contributed by atoms with Crippen LogP contribution in [0.3, 0.4) is 0 Å². The molecule has 0 bridgehead atoms. The number of sulfone groups is 1.